The van der Waals surface area contributed by atoms with Gasteiger partial charge in [0.25, 0.3) is 0 Å². The summed E-state index contributed by atoms with van der Waals surface area (Å²) >= 11 is 0. The van der Waals surface area contributed by atoms with Crippen molar-refractivity contribution < 1.29 is 18.7 Å². The predicted octanol–water partition coefficient (Wildman–Crippen LogP) is 3.83. The van der Waals surface area contributed by atoms with Gasteiger partial charge < -0.3 is 14.4 Å². The largest absolute Gasteiger partial charge is 0.465 e. The third-order valence-electron chi connectivity index (χ3n) is 3.79. The van der Waals surface area contributed by atoms with Crippen LogP contribution in [-0.4, -0.2) is 30.1 Å². The first kappa shape index (κ1) is 18.3. The Labute approximate surface area is 156 Å². The molecule has 138 valence electrons. The molecule has 0 spiro atoms. The van der Waals surface area contributed by atoms with Crippen molar-refractivity contribution in [3.05, 3.63) is 77.7 Å². The van der Waals surface area contributed by atoms with Crippen molar-refractivity contribution in [1.82, 2.24) is 9.97 Å². The molecule has 27 heavy (non-hydrogen) atoms. The van der Waals surface area contributed by atoms with E-state index in [1.807, 2.05) is 24.1 Å². The van der Waals surface area contributed by atoms with Crippen molar-refractivity contribution in [3.8, 4) is 11.6 Å². The second-order valence-electron chi connectivity index (χ2n) is 5.80. The number of halogens is 1. The van der Waals surface area contributed by atoms with Gasteiger partial charge in [-0.2, -0.15) is 4.98 Å². The van der Waals surface area contributed by atoms with Gasteiger partial charge in [-0.25, -0.2) is 14.2 Å². The molecule has 0 unspecified atom stereocenters. The van der Waals surface area contributed by atoms with Gasteiger partial charge in [-0.3, -0.25) is 0 Å². The van der Waals surface area contributed by atoms with E-state index in [9.17, 15) is 9.18 Å². The molecule has 0 bridgehead atoms. The van der Waals surface area contributed by atoms with E-state index in [1.165, 1.54) is 31.4 Å². The number of benzene rings is 2. The van der Waals surface area contributed by atoms with Crippen LogP contribution >= 0.6 is 0 Å². The zero-order valence-electron chi connectivity index (χ0n) is 14.9. The lowest BCUT2D eigenvalue weighted by Gasteiger charge is -2.17. The molecule has 0 fully saturated rings. The minimum atomic E-state index is -0.371. The maximum absolute atomic E-state index is 13.0. The third-order valence-corrected chi connectivity index (χ3v) is 3.79. The van der Waals surface area contributed by atoms with Crippen molar-refractivity contribution in [2.24, 2.45) is 0 Å². The number of hydrogen-bond acceptors (Lipinski definition) is 6. The second-order valence-corrected chi connectivity index (χ2v) is 5.80. The van der Waals surface area contributed by atoms with Crippen LogP contribution in [0.15, 0.2) is 60.8 Å². The molecular weight excluding hydrogens is 349 g/mol. The summed E-state index contributed by atoms with van der Waals surface area (Å²) in [7, 11) is 3.20. The molecule has 0 aliphatic heterocycles. The second kappa shape index (κ2) is 8.27. The van der Waals surface area contributed by atoms with E-state index in [4.69, 9.17) is 9.47 Å². The van der Waals surface area contributed by atoms with Gasteiger partial charge in [-0.1, -0.05) is 12.1 Å². The summed E-state index contributed by atoms with van der Waals surface area (Å²) in [6, 6.07) is 14.5. The molecule has 1 aromatic heterocycles. The number of esters is 1. The van der Waals surface area contributed by atoms with E-state index in [-0.39, 0.29) is 11.8 Å². The average Bonchev–Trinajstić information content (AvgIpc) is 2.70. The highest BCUT2D eigenvalue weighted by molar-refractivity contribution is 5.89. The van der Waals surface area contributed by atoms with Crippen molar-refractivity contribution in [2.45, 2.75) is 6.54 Å². The third kappa shape index (κ3) is 4.78. The summed E-state index contributed by atoms with van der Waals surface area (Å²) in [5.41, 5.74) is 1.48. The quantitative estimate of drug-likeness (QED) is 0.617. The molecule has 0 saturated carbocycles. The standard InChI is InChI=1S/C20H18FN3O3/c1-24(13-14-3-5-15(6-4-14)19(25)26-2)20-22-12-11-18(23-20)27-17-9-7-16(21)8-10-17/h3-12H,13H2,1-2H3. The van der Waals surface area contributed by atoms with E-state index in [0.29, 0.717) is 29.7 Å². The Morgan fingerprint density at radius 2 is 1.78 bits per heavy atom. The van der Waals surface area contributed by atoms with Crippen LogP contribution in [0.25, 0.3) is 0 Å². The van der Waals surface area contributed by atoms with Crippen LogP contribution in [0.5, 0.6) is 11.6 Å². The normalized spacial score (nSPS) is 10.3. The molecule has 6 nitrogen and oxygen atoms in total. The first-order valence-corrected chi connectivity index (χ1v) is 8.20. The SMILES string of the molecule is COC(=O)c1ccc(CN(C)c2nccc(Oc3ccc(F)cc3)n2)cc1. The van der Waals surface area contributed by atoms with Crippen LogP contribution in [0.3, 0.4) is 0 Å². The van der Waals surface area contributed by atoms with Gasteiger partial charge in [-0.15, -0.1) is 0 Å². The molecule has 0 aliphatic carbocycles. The van der Waals surface area contributed by atoms with Crippen LogP contribution in [0.1, 0.15) is 15.9 Å². The maximum atomic E-state index is 13.0. The average molecular weight is 367 g/mol. The fourth-order valence-corrected chi connectivity index (χ4v) is 2.41. The Bertz CT molecular complexity index is 915. The summed E-state index contributed by atoms with van der Waals surface area (Å²) in [4.78, 5) is 22.0. The van der Waals surface area contributed by atoms with Crippen LogP contribution < -0.4 is 9.64 Å². The summed E-state index contributed by atoms with van der Waals surface area (Å²) < 4.78 is 23.3. The molecule has 0 aliphatic rings. The molecule has 0 amide bonds. The molecule has 3 aromatic rings. The molecule has 0 atom stereocenters. The number of rotatable bonds is 6. The van der Waals surface area contributed by atoms with Crippen LogP contribution in [0.2, 0.25) is 0 Å². The van der Waals surface area contributed by atoms with E-state index in [2.05, 4.69) is 9.97 Å². The fourth-order valence-electron chi connectivity index (χ4n) is 2.41. The highest BCUT2D eigenvalue weighted by atomic mass is 19.1. The van der Waals surface area contributed by atoms with E-state index in [0.717, 1.165) is 5.56 Å². The summed E-state index contributed by atoms with van der Waals surface area (Å²) in [6.45, 7) is 0.543. The Balaban J connectivity index is 1.68. The molecule has 3 rings (SSSR count). The van der Waals surface area contributed by atoms with Gasteiger partial charge in [-0.05, 0) is 42.0 Å². The number of hydrogen-bond donors (Lipinski definition) is 0. The van der Waals surface area contributed by atoms with Crippen molar-refractivity contribution in [3.63, 3.8) is 0 Å². The van der Waals surface area contributed by atoms with E-state index >= 15 is 0 Å². The number of nitrogens with zero attached hydrogens (tertiary/aromatic N) is 3. The topological polar surface area (TPSA) is 64.5 Å². The van der Waals surface area contributed by atoms with Gasteiger partial charge in [0.15, 0.2) is 0 Å². The van der Waals surface area contributed by atoms with Crippen LogP contribution in [-0.2, 0) is 11.3 Å². The van der Waals surface area contributed by atoms with Crippen LogP contribution in [0, 0.1) is 5.82 Å². The monoisotopic (exact) mass is 367 g/mol. The van der Waals surface area contributed by atoms with Crippen molar-refractivity contribution in [2.75, 3.05) is 19.1 Å². The summed E-state index contributed by atoms with van der Waals surface area (Å²) in [5.74, 6) is 0.626. The maximum Gasteiger partial charge on any atom is 0.337 e. The Kier molecular flexibility index (Phi) is 5.61. The molecule has 7 heteroatoms. The van der Waals surface area contributed by atoms with Crippen molar-refractivity contribution in [1.29, 1.82) is 0 Å². The number of anilines is 1. The fraction of sp³-hybridized carbons (Fsp3) is 0.150. The minimum Gasteiger partial charge on any atom is -0.465 e. The molecule has 1 heterocycles. The van der Waals surface area contributed by atoms with E-state index < -0.39 is 0 Å². The highest BCUT2D eigenvalue weighted by Gasteiger charge is 2.09. The number of aromatic nitrogens is 2. The lowest BCUT2D eigenvalue weighted by atomic mass is 10.1. The number of ether oxygens (including phenoxy) is 2. The smallest absolute Gasteiger partial charge is 0.337 e. The Morgan fingerprint density at radius 3 is 2.44 bits per heavy atom. The molecule has 0 radical (unpaired) electrons. The number of carbonyl (C=O) groups is 1. The lowest BCUT2D eigenvalue weighted by molar-refractivity contribution is 0.0600. The highest BCUT2D eigenvalue weighted by Crippen LogP contribution is 2.21. The number of carbonyl (C=O) groups excluding carboxylic acids is 1. The van der Waals surface area contributed by atoms with Gasteiger partial charge in [0.2, 0.25) is 11.8 Å². The molecular formula is C20H18FN3O3. The summed E-state index contributed by atoms with van der Waals surface area (Å²) in [5, 5.41) is 0. The van der Waals surface area contributed by atoms with Gasteiger partial charge >= 0.3 is 5.97 Å². The molecule has 0 saturated heterocycles. The molecule has 2 aromatic carbocycles. The van der Waals surface area contributed by atoms with E-state index in [1.54, 1.807) is 24.4 Å². The van der Waals surface area contributed by atoms with Gasteiger partial charge in [0, 0.05) is 25.9 Å². The van der Waals surface area contributed by atoms with Crippen LogP contribution in [0.4, 0.5) is 10.3 Å². The van der Waals surface area contributed by atoms with Crippen molar-refractivity contribution >= 4 is 11.9 Å². The number of methoxy groups -OCH3 is 1. The Hall–Kier alpha value is -3.48. The zero-order valence-corrected chi connectivity index (χ0v) is 14.9. The first-order valence-electron chi connectivity index (χ1n) is 8.20. The minimum absolute atomic E-state index is 0.330. The zero-order chi connectivity index (χ0) is 19.2. The lowest BCUT2D eigenvalue weighted by Crippen LogP contribution is -2.19. The first-order chi connectivity index (χ1) is 13.0. The van der Waals surface area contributed by atoms with Gasteiger partial charge in [0.1, 0.15) is 11.6 Å². The van der Waals surface area contributed by atoms with Gasteiger partial charge in [0.05, 0.1) is 12.7 Å². The Morgan fingerprint density at radius 1 is 1.07 bits per heavy atom. The summed E-state index contributed by atoms with van der Waals surface area (Å²) in [6.07, 6.45) is 1.60. The predicted molar refractivity (Wildman–Crippen MR) is 98.4 cm³/mol. The molecule has 0 N–H and O–H groups in total.